The summed E-state index contributed by atoms with van der Waals surface area (Å²) < 4.78 is 27.2. The highest BCUT2D eigenvalue weighted by atomic mass is 32.1. The third kappa shape index (κ3) is 5.26. The van der Waals surface area contributed by atoms with Crippen LogP contribution in [-0.4, -0.2) is 61.9 Å². The van der Waals surface area contributed by atoms with Crippen LogP contribution in [0, 0.1) is 11.8 Å². The van der Waals surface area contributed by atoms with Crippen molar-refractivity contribution in [1.29, 1.82) is 0 Å². The number of amides is 1. The molecule has 156 valence electrons. The first-order valence-corrected chi connectivity index (χ1v) is 10.6. The van der Waals surface area contributed by atoms with E-state index in [1.165, 1.54) is 11.3 Å². The van der Waals surface area contributed by atoms with E-state index >= 15 is 0 Å². The number of piperidine rings is 1. The van der Waals surface area contributed by atoms with E-state index in [2.05, 4.69) is 17.2 Å². The molecule has 4 nitrogen and oxygen atoms in total. The van der Waals surface area contributed by atoms with E-state index in [1.807, 2.05) is 42.1 Å². The molecule has 7 heteroatoms. The summed E-state index contributed by atoms with van der Waals surface area (Å²) in [7, 11) is 3.79. The number of hydrogen-bond acceptors (Lipinski definition) is 4. The molecule has 0 unspecified atom stereocenters. The number of fused-ring (bicyclic) bond motifs is 1. The molecule has 29 heavy (non-hydrogen) atoms. The van der Waals surface area contributed by atoms with E-state index in [4.69, 9.17) is 0 Å². The maximum absolute atomic E-state index is 13.1. The first-order chi connectivity index (χ1) is 13.9. The number of rotatable bonds is 6. The van der Waals surface area contributed by atoms with Gasteiger partial charge in [-0.25, -0.2) is 8.78 Å². The summed E-state index contributed by atoms with van der Waals surface area (Å²) in [6.07, 6.45) is -0.940. The standard InChI is InChI=1S/C22H27F2N3OS/c1-4-6-19-17(13-20(23)24)16-7-5-8-18(22(16)29-19)25-15-9-11-27(12-10-15)21(28)14-26(2)3/h5,7-8,15,20,25H,9-14H2,1-3H3. The van der Waals surface area contributed by atoms with Crippen LogP contribution in [0.1, 0.15) is 30.2 Å². The van der Waals surface area contributed by atoms with Crippen LogP contribution in [0.4, 0.5) is 14.5 Å². The summed E-state index contributed by atoms with van der Waals surface area (Å²) in [6, 6.07) is 6.06. The average molecular weight is 420 g/mol. The number of nitrogens with zero attached hydrogens (tertiary/aromatic N) is 2. The van der Waals surface area contributed by atoms with Gasteiger partial charge in [-0.1, -0.05) is 18.1 Å². The maximum atomic E-state index is 13.1. The highest BCUT2D eigenvalue weighted by molar-refractivity contribution is 7.20. The lowest BCUT2D eigenvalue weighted by atomic mass is 10.0. The first-order valence-electron chi connectivity index (χ1n) is 9.83. The van der Waals surface area contributed by atoms with Crippen LogP contribution < -0.4 is 5.32 Å². The fourth-order valence-electron chi connectivity index (χ4n) is 3.72. The van der Waals surface area contributed by atoms with Gasteiger partial charge in [-0.3, -0.25) is 4.79 Å². The molecule has 0 saturated carbocycles. The molecule has 0 spiro atoms. The van der Waals surface area contributed by atoms with Crippen molar-refractivity contribution < 1.29 is 13.6 Å². The Morgan fingerprint density at radius 1 is 1.34 bits per heavy atom. The number of thiophene rings is 1. The number of anilines is 1. The van der Waals surface area contributed by atoms with E-state index in [9.17, 15) is 13.6 Å². The number of hydrogen-bond donors (Lipinski definition) is 1. The Bertz CT molecular complexity index is 921. The molecule has 2 heterocycles. The molecular formula is C22H27F2N3OS. The Hall–Kier alpha value is -2.17. The van der Waals surface area contributed by atoms with Crippen LogP contribution in [0.15, 0.2) is 18.2 Å². The van der Waals surface area contributed by atoms with E-state index < -0.39 is 6.43 Å². The molecule has 1 aliphatic heterocycles. The number of alkyl halides is 2. The van der Waals surface area contributed by atoms with Gasteiger partial charge in [-0.05, 0) is 50.9 Å². The molecule has 1 amide bonds. The Morgan fingerprint density at radius 2 is 2.07 bits per heavy atom. The van der Waals surface area contributed by atoms with Crippen molar-refractivity contribution in [3.63, 3.8) is 0 Å². The molecule has 0 radical (unpaired) electrons. The molecule has 1 aliphatic rings. The van der Waals surface area contributed by atoms with Gasteiger partial charge >= 0.3 is 0 Å². The summed E-state index contributed by atoms with van der Waals surface area (Å²) in [5, 5.41) is 4.44. The largest absolute Gasteiger partial charge is 0.381 e. The quantitative estimate of drug-likeness (QED) is 0.718. The second-order valence-corrected chi connectivity index (χ2v) is 8.62. The highest BCUT2D eigenvalue weighted by Crippen LogP contribution is 2.37. The fourth-order valence-corrected chi connectivity index (χ4v) is 4.93. The Balaban J connectivity index is 1.76. The van der Waals surface area contributed by atoms with Gasteiger partial charge in [0.15, 0.2) is 0 Å². The molecule has 1 N–H and O–H groups in total. The summed E-state index contributed by atoms with van der Waals surface area (Å²) in [5.74, 6) is 6.00. The molecule has 0 atom stereocenters. The molecular weight excluding hydrogens is 392 g/mol. The monoisotopic (exact) mass is 419 g/mol. The van der Waals surface area contributed by atoms with Gasteiger partial charge in [-0.15, -0.1) is 17.3 Å². The lowest BCUT2D eigenvalue weighted by Gasteiger charge is -2.33. The zero-order valence-electron chi connectivity index (χ0n) is 17.1. The summed E-state index contributed by atoms with van der Waals surface area (Å²) in [6.45, 7) is 3.61. The number of benzene rings is 1. The van der Waals surface area contributed by atoms with Crippen LogP contribution in [-0.2, 0) is 11.2 Å². The molecule has 3 rings (SSSR count). The van der Waals surface area contributed by atoms with Crippen LogP contribution in [0.25, 0.3) is 10.1 Å². The van der Waals surface area contributed by atoms with Crippen LogP contribution in [0.5, 0.6) is 0 Å². The zero-order chi connectivity index (χ0) is 21.0. The number of carbonyl (C=O) groups excluding carboxylic acids is 1. The fraction of sp³-hybridized carbons (Fsp3) is 0.500. The van der Waals surface area contributed by atoms with Gasteiger partial charge in [0, 0.05) is 25.6 Å². The summed E-state index contributed by atoms with van der Waals surface area (Å²) in [5.41, 5.74) is 1.60. The van der Waals surface area contributed by atoms with Gasteiger partial charge in [-0.2, -0.15) is 0 Å². The topological polar surface area (TPSA) is 35.6 Å². The Kier molecular flexibility index (Phi) is 7.09. The molecule has 1 saturated heterocycles. The van der Waals surface area contributed by atoms with Gasteiger partial charge < -0.3 is 15.1 Å². The number of likely N-dealkylation sites (N-methyl/N-ethyl adjacent to an activating group) is 1. The molecule has 1 aromatic carbocycles. The minimum Gasteiger partial charge on any atom is -0.381 e. The van der Waals surface area contributed by atoms with Gasteiger partial charge in [0.2, 0.25) is 12.3 Å². The van der Waals surface area contributed by atoms with Crippen molar-refractivity contribution in [2.24, 2.45) is 0 Å². The van der Waals surface area contributed by atoms with Gasteiger partial charge in [0.25, 0.3) is 0 Å². The van der Waals surface area contributed by atoms with E-state index in [1.54, 1.807) is 6.92 Å². The molecule has 0 aliphatic carbocycles. The predicted octanol–water partition coefficient (Wildman–Crippen LogP) is 4.04. The normalized spacial score (nSPS) is 15.1. The third-order valence-electron chi connectivity index (χ3n) is 5.07. The number of likely N-dealkylation sites (tertiary alicyclic amines) is 1. The Labute approximate surface area is 174 Å². The van der Waals surface area contributed by atoms with Crippen LogP contribution in [0.3, 0.4) is 0 Å². The van der Waals surface area contributed by atoms with Crippen LogP contribution >= 0.6 is 11.3 Å². The Morgan fingerprint density at radius 3 is 2.69 bits per heavy atom. The van der Waals surface area contributed by atoms with E-state index in [-0.39, 0.29) is 18.4 Å². The van der Waals surface area contributed by atoms with Crippen molar-refractivity contribution in [3.8, 4) is 11.8 Å². The van der Waals surface area contributed by atoms with E-state index in [0.717, 1.165) is 46.6 Å². The first kappa shape index (κ1) is 21.5. The van der Waals surface area contributed by atoms with Crippen molar-refractivity contribution in [2.75, 3.05) is 39.0 Å². The minimum absolute atomic E-state index is 0.160. The molecule has 2 aromatic rings. The predicted molar refractivity (Wildman–Crippen MR) is 116 cm³/mol. The average Bonchev–Trinajstić information content (AvgIpc) is 3.00. The van der Waals surface area contributed by atoms with Crippen molar-refractivity contribution in [2.45, 2.75) is 38.7 Å². The molecule has 1 aromatic heterocycles. The smallest absolute Gasteiger partial charge is 0.242 e. The number of carbonyl (C=O) groups is 1. The summed E-state index contributed by atoms with van der Waals surface area (Å²) >= 11 is 1.48. The second kappa shape index (κ2) is 9.55. The van der Waals surface area contributed by atoms with Crippen LogP contribution in [0.2, 0.25) is 0 Å². The van der Waals surface area contributed by atoms with Crippen molar-refractivity contribution in [3.05, 3.63) is 28.6 Å². The van der Waals surface area contributed by atoms with Crippen molar-refractivity contribution in [1.82, 2.24) is 9.80 Å². The van der Waals surface area contributed by atoms with Gasteiger partial charge in [0.05, 0.1) is 21.8 Å². The molecule has 0 bridgehead atoms. The third-order valence-corrected chi connectivity index (χ3v) is 6.27. The maximum Gasteiger partial charge on any atom is 0.242 e. The second-order valence-electron chi connectivity index (χ2n) is 7.60. The van der Waals surface area contributed by atoms with Gasteiger partial charge in [0.1, 0.15) is 0 Å². The molecule has 1 fully saturated rings. The summed E-state index contributed by atoms with van der Waals surface area (Å²) in [4.78, 5) is 16.8. The highest BCUT2D eigenvalue weighted by Gasteiger charge is 2.24. The minimum atomic E-state index is -2.40. The SMILES string of the molecule is CC#Cc1sc2c(NC3CCN(C(=O)CN(C)C)CC3)cccc2c1CC(F)F. The van der Waals surface area contributed by atoms with E-state index in [0.29, 0.717) is 12.1 Å². The van der Waals surface area contributed by atoms with Crippen molar-refractivity contribution >= 4 is 33.0 Å². The number of nitrogens with one attached hydrogen (secondary N) is 1. The number of halogens is 2. The zero-order valence-corrected chi connectivity index (χ0v) is 17.9. The lowest BCUT2D eigenvalue weighted by molar-refractivity contribution is -0.132. The lowest BCUT2D eigenvalue weighted by Crippen LogP contribution is -2.45.